The van der Waals surface area contributed by atoms with Crippen LogP contribution in [0.5, 0.6) is 0 Å². The van der Waals surface area contributed by atoms with Gasteiger partial charge >= 0.3 is 11.9 Å². The number of aryl methyl sites for hydroxylation is 1. The summed E-state index contributed by atoms with van der Waals surface area (Å²) in [6, 6.07) is 14.3. The Hall–Kier alpha value is -4.57. The van der Waals surface area contributed by atoms with Crippen LogP contribution in [0.15, 0.2) is 60.2 Å². The van der Waals surface area contributed by atoms with Crippen molar-refractivity contribution in [3.05, 3.63) is 88.2 Å². The molecule has 10 heteroatoms. The first-order chi connectivity index (χ1) is 17.1. The molecule has 36 heavy (non-hydrogen) atoms. The number of hydrogen-bond acceptors (Lipinski definition) is 6. The standard InChI is InChI=1S/C26H21N3O6S/c1-14-12-18(15(2)28(14)19-10-6-17(7-11-19)25(34)35-3)13-21-22(30)27-26(36)29(23(21)31)20-8-4-16(5-9-20)24(32)33/h4-13H,1-3H3,(H,32,33)(H,27,30,36)/b21-13+. The topological polar surface area (TPSA) is 118 Å². The van der Waals surface area contributed by atoms with Gasteiger partial charge in [0.05, 0.1) is 23.9 Å². The number of amides is 2. The van der Waals surface area contributed by atoms with Gasteiger partial charge in [-0.3, -0.25) is 19.8 Å². The number of methoxy groups -OCH3 is 1. The summed E-state index contributed by atoms with van der Waals surface area (Å²) in [5.74, 6) is -2.79. The molecule has 1 fully saturated rings. The minimum Gasteiger partial charge on any atom is -0.478 e. The first kappa shape index (κ1) is 24.6. The zero-order valence-corrected chi connectivity index (χ0v) is 20.4. The van der Waals surface area contributed by atoms with E-state index in [-0.39, 0.29) is 16.2 Å². The Bertz CT molecular complexity index is 1450. The van der Waals surface area contributed by atoms with Gasteiger partial charge in [-0.1, -0.05) is 0 Å². The third-order valence-electron chi connectivity index (χ3n) is 5.79. The summed E-state index contributed by atoms with van der Waals surface area (Å²) in [5.41, 5.74) is 3.76. The third-order valence-corrected chi connectivity index (χ3v) is 6.08. The summed E-state index contributed by atoms with van der Waals surface area (Å²) in [6.07, 6.45) is 1.50. The van der Waals surface area contributed by atoms with Crippen molar-refractivity contribution >= 4 is 52.8 Å². The quantitative estimate of drug-likeness (QED) is 0.237. The number of anilines is 1. The predicted molar refractivity (Wildman–Crippen MR) is 136 cm³/mol. The molecule has 9 nitrogen and oxygen atoms in total. The first-order valence-corrected chi connectivity index (χ1v) is 11.2. The number of benzene rings is 2. The lowest BCUT2D eigenvalue weighted by Gasteiger charge is -2.29. The number of nitrogens with one attached hydrogen (secondary N) is 1. The van der Waals surface area contributed by atoms with Crippen molar-refractivity contribution in [2.24, 2.45) is 0 Å². The van der Waals surface area contributed by atoms with Crippen molar-refractivity contribution in [1.29, 1.82) is 0 Å². The fourth-order valence-corrected chi connectivity index (χ4v) is 4.28. The average molecular weight is 504 g/mol. The van der Waals surface area contributed by atoms with E-state index in [1.54, 1.807) is 24.3 Å². The van der Waals surface area contributed by atoms with E-state index in [9.17, 15) is 19.2 Å². The lowest BCUT2D eigenvalue weighted by molar-refractivity contribution is -0.122. The fourth-order valence-electron chi connectivity index (χ4n) is 4.00. The Labute approximate surface area is 211 Å². The monoisotopic (exact) mass is 503 g/mol. The number of esters is 1. The van der Waals surface area contributed by atoms with Gasteiger partial charge in [0.2, 0.25) is 0 Å². The summed E-state index contributed by atoms with van der Waals surface area (Å²) in [7, 11) is 1.32. The second kappa shape index (κ2) is 9.59. The summed E-state index contributed by atoms with van der Waals surface area (Å²) in [6.45, 7) is 3.74. The Morgan fingerprint density at radius 1 is 0.972 bits per heavy atom. The Kier molecular flexibility index (Phi) is 6.54. The number of rotatable bonds is 5. The van der Waals surface area contributed by atoms with Crippen LogP contribution in [0, 0.1) is 13.8 Å². The van der Waals surface area contributed by atoms with Crippen molar-refractivity contribution in [3.8, 4) is 5.69 Å². The molecule has 2 N–H and O–H groups in total. The predicted octanol–water partition coefficient (Wildman–Crippen LogP) is 3.41. The van der Waals surface area contributed by atoms with Gasteiger partial charge in [0.1, 0.15) is 5.57 Å². The highest BCUT2D eigenvalue weighted by molar-refractivity contribution is 7.80. The third kappa shape index (κ3) is 4.41. The van der Waals surface area contributed by atoms with Crippen LogP contribution in [0.25, 0.3) is 11.8 Å². The van der Waals surface area contributed by atoms with Crippen molar-refractivity contribution in [2.45, 2.75) is 13.8 Å². The second-order valence-corrected chi connectivity index (χ2v) is 8.40. The molecular formula is C26H21N3O6S. The number of aromatic carboxylic acids is 1. The molecule has 4 rings (SSSR count). The van der Waals surface area contributed by atoms with E-state index in [1.165, 1.54) is 37.5 Å². The maximum Gasteiger partial charge on any atom is 0.337 e. The van der Waals surface area contributed by atoms with E-state index in [4.69, 9.17) is 22.1 Å². The van der Waals surface area contributed by atoms with Crippen LogP contribution in [0.2, 0.25) is 0 Å². The molecule has 0 bridgehead atoms. The maximum atomic E-state index is 13.3. The molecule has 0 saturated carbocycles. The van der Waals surface area contributed by atoms with Crippen molar-refractivity contribution in [3.63, 3.8) is 0 Å². The number of aromatic nitrogens is 1. The van der Waals surface area contributed by atoms with Gasteiger partial charge < -0.3 is 14.4 Å². The lowest BCUT2D eigenvalue weighted by atomic mass is 10.1. The smallest absolute Gasteiger partial charge is 0.337 e. The summed E-state index contributed by atoms with van der Waals surface area (Å²) in [5, 5.41) is 11.5. The molecule has 0 atom stereocenters. The van der Waals surface area contributed by atoms with Gasteiger partial charge in [0, 0.05) is 17.1 Å². The Morgan fingerprint density at radius 2 is 1.56 bits per heavy atom. The highest BCUT2D eigenvalue weighted by Crippen LogP contribution is 2.26. The van der Waals surface area contributed by atoms with Gasteiger partial charge in [-0.05, 0) is 92.3 Å². The number of ether oxygens (including phenoxy) is 1. The largest absolute Gasteiger partial charge is 0.478 e. The number of hydrogen-bond donors (Lipinski definition) is 2. The molecule has 1 aromatic heterocycles. The minimum atomic E-state index is -1.10. The van der Waals surface area contributed by atoms with Crippen LogP contribution >= 0.6 is 12.2 Å². The molecule has 2 amide bonds. The zero-order valence-electron chi connectivity index (χ0n) is 19.6. The highest BCUT2D eigenvalue weighted by atomic mass is 32.1. The van der Waals surface area contributed by atoms with E-state index < -0.39 is 23.8 Å². The zero-order chi connectivity index (χ0) is 26.1. The number of thiocarbonyl (C=S) groups is 1. The number of carboxylic acids is 1. The molecule has 0 aliphatic carbocycles. The average Bonchev–Trinajstić information content (AvgIpc) is 3.14. The summed E-state index contributed by atoms with van der Waals surface area (Å²) in [4.78, 5) is 50.0. The van der Waals surface area contributed by atoms with Gasteiger partial charge in [-0.2, -0.15) is 0 Å². The normalized spacial score (nSPS) is 14.7. The number of carboxylic acid groups (broad SMARTS) is 1. The van der Waals surface area contributed by atoms with E-state index in [0.29, 0.717) is 16.8 Å². The van der Waals surface area contributed by atoms with Crippen molar-refractivity contribution < 1.29 is 29.0 Å². The molecule has 2 heterocycles. The lowest BCUT2D eigenvalue weighted by Crippen LogP contribution is -2.54. The van der Waals surface area contributed by atoms with Crippen molar-refractivity contribution in [1.82, 2.24) is 9.88 Å². The second-order valence-electron chi connectivity index (χ2n) is 8.01. The number of carbonyl (C=O) groups excluding carboxylic acids is 3. The maximum absolute atomic E-state index is 13.3. The minimum absolute atomic E-state index is 0.0565. The molecule has 1 saturated heterocycles. The van der Waals surface area contributed by atoms with Crippen LogP contribution in [0.1, 0.15) is 37.7 Å². The summed E-state index contributed by atoms with van der Waals surface area (Å²) < 4.78 is 6.68. The first-order valence-electron chi connectivity index (χ1n) is 10.7. The fraction of sp³-hybridized carbons (Fsp3) is 0.115. The molecule has 0 spiro atoms. The Morgan fingerprint density at radius 3 is 2.14 bits per heavy atom. The molecule has 2 aromatic carbocycles. The molecule has 0 radical (unpaired) electrons. The molecule has 1 aliphatic heterocycles. The van der Waals surface area contributed by atoms with Crippen LogP contribution in [0.4, 0.5) is 5.69 Å². The summed E-state index contributed by atoms with van der Waals surface area (Å²) >= 11 is 5.21. The van der Waals surface area contributed by atoms with E-state index in [1.807, 2.05) is 24.5 Å². The van der Waals surface area contributed by atoms with Crippen LogP contribution in [-0.4, -0.2) is 45.6 Å². The van der Waals surface area contributed by atoms with Crippen LogP contribution in [-0.2, 0) is 14.3 Å². The van der Waals surface area contributed by atoms with E-state index >= 15 is 0 Å². The molecule has 1 aliphatic rings. The van der Waals surface area contributed by atoms with E-state index in [0.717, 1.165) is 22.0 Å². The molecule has 182 valence electrons. The van der Waals surface area contributed by atoms with Crippen LogP contribution < -0.4 is 10.2 Å². The molecular weight excluding hydrogens is 482 g/mol. The number of carbonyl (C=O) groups is 4. The Balaban J connectivity index is 1.70. The van der Waals surface area contributed by atoms with E-state index in [2.05, 4.69) is 5.32 Å². The van der Waals surface area contributed by atoms with Gasteiger partial charge in [0.25, 0.3) is 11.8 Å². The molecule has 3 aromatic rings. The van der Waals surface area contributed by atoms with Gasteiger partial charge in [-0.25, -0.2) is 9.59 Å². The molecule has 0 unspecified atom stereocenters. The highest BCUT2D eigenvalue weighted by Gasteiger charge is 2.34. The van der Waals surface area contributed by atoms with Crippen molar-refractivity contribution in [2.75, 3.05) is 12.0 Å². The van der Waals surface area contributed by atoms with Gasteiger partial charge in [-0.15, -0.1) is 0 Å². The SMILES string of the molecule is COC(=O)c1ccc(-n2c(C)cc(/C=C3\C(=O)NC(=S)N(c4ccc(C(=O)O)cc4)C3=O)c2C)cc1. The number of nitrogens with zero attached hydrogens (tertiary/aromatic N) is 2. The van der Waals surface area contributed by atoms with Gasteiger partial charge in [0.15, 0.2) is 5.11 Å². The van der Waals surface area contributed by atoms with Crippen LogP contribution in [0.3, 0.4) is 0 Å².